The van der Waals surface area contributed by atoms with Crippen LogP contribution in [0.3, 0.4) is 0 Å². The summed E-state index contributed by atoms with van der Waals surface area (Å²) in [5.41, 5.74) is 2.13. The zero-order valence-electron chi connectivity index (χ0n) is 12.6. The van der Waals surface area contributed by atoms with E-state index >= 15 is 0 Å². The monoisotopic (exact) mass is 289 g/mol. The lowest BCUT2D eigenvalue weighted by Gasteiger charge is -2.51. The molecule has 2 aliphatic rings. The molecule has 1 saturated carbocycles. The van der Waals surface area contributed by atoms with E-state index < -0.39 is 0 Å². The molecular formula is C16H23N3O2. The van der Waals surface area contributed by atoms with Gasteiger partial charge in [0, 0.05) is 37.0 Å². The number of hydrogen-bond donors (Lipinski definition) is 1. The molecule has 0 unspecified atom stereocenters. The molecule has 1 spiro atoms. The zero-order valence-corrected chi connectivity index (χ0v) is 12.6. The number of nitrogens with one attached hydrogen (secondary N) is 1. The molecule has 1 aliphatic heterocycles. The van der Waals surface area contributed by atoms with Crippen LogP contribution in [-0.4, -0.2) is 30.1 Å². The van der Waals surface area contributed by atoms with E-state index in [-0.39, 0.29) is 16.1 Å². The van der Waals surface area contributed by atoms with E-state index in [1.807, 2.05) is 12.1 Å². The lowest BCUT2D eigenvalue weighted by Crippen LogP contribution is -2.62. The molecule has 1 saturated heterocycles. The van der Waals surface area contributed by atoms with Crippen LogP contribution in [0, 0.1) is 17.0 Å². The second-order valence-corrected chi connectivity index (χ2v) is 6.34. The van der Waals surface area contributed by atoms with Gasteiger partial charge in [-0.3, -0.25) is 10.1 Å². The Balaban J connectivity index is 1.96. The fourth-order valence-corrected chi connectivity index (χ4v) is 3.87. The van der Waals surface area contributed by atoms with Gasteiger partial charge >= 0.3 is 0 Å². The number of aryl methyl sites for hydroxylation is 1. The normalized spacial score (nSPS) is 21.5. The summed E-state index contributed by atoms with van der Waals surface area (Å²) >= 11 is 0. The SMILES string of the molecule is Cc1ccc(N2CCNCC23CCCCC3)cc1[N+](=O)[O-]. The quantitative estimate of drug-likeness (QED) is 0.671. The maximum Gasteiger partial charge on any atom is 0.274 e. The summed E-state index contributed by atoms with van der Waals surface area (Å²) in [6, 6.07) is 5.69. The molecule has 0 radical (unpaired) electrons. The first-order chi connectivity index (χ1) is 10.1. The number of hydrogen-bond acceptors (Lipinski definition) is 4. The van der Waals surface area contributed by atoms with Crippen LogP contribution < -0.4 is 10.2 Å². The molecule has 1 aliphatic carbocycles. The van der Waals surface area contributed by atoms with Crippen molar-refractivity contribution in [1.29, 1.82) is 0 Å². The summed E-state index contributed by atoms with van der Waals surface area (Å²) in [4.78, 5) is 13.4. The van der Waals surface area contributed by atoms with Gasteiger partial charge in [-0.05, 0) is 25.8 Å². The van der Waals surface area contributed by atoms with E-state index in [1.54, 1.807) is 13.0 Å². The molecule has 5 heteroatoms. The second-order valence-electron chi connectivity index (χ2n) is 6.34. The molecule has 1 N–H and O–H groups in total. The molecule has 1 aromatic carbocycles. The molecule has 0 bridgehead atoms. The van der Waals surface area contributed by atoms with Gasteiger partial charge in [-0.25, -0.2) is 0 Å². The number of piperazine rings is 1. The zero-order chi connectivity index (χ0) is 14.9. The Morgan fingerprint density at radius 2 is 2.05 bits per heavy atom. The third-order valence-electron chi connectivity index (χ3n) is 5.02. The Morgan fingerprint density at radius 1 is 1.29 bits per heavy atom. The first kappa shape index (κ1) is 14.3. The van der Waals surface area contributed by atoms with Crippen LogP contribution in [0.4, 0.5) is 11.4 Å². The Morgan fingerprint density at radius 3 is 2.76 bits per heavy atom. The molecule has 2 fully saturated rings. The van der Waals surface area contributed by atoms with Crippen LogP contribution >= 0.6 is 0 Å². The van der Waals surface area contributed by atoms with Gasteiger partial charge in [0.05, 0.1) is 10.5 Å². The molecule has 21 heavy (non-hydrogen) atoms. The maximum absolute atomic E-state index is 11.2. The van der Waals surface area contributed by atoms with Gasteiger partial charge in [0.2, 0.25) is 0 Å². The molecule has 0 aromatic heterocycles. The van der Waals surface area contributed by atoms with Crippen LogP contribution in [0.25, 0.3) is 0 Å². The summed E-state index contributed by atoms with van der Waals surface area (Å²) in [6.07, 6.45) is 6.19. The van der Waals surface area contributed by atoms with Crippen LogP contribution in [-0.2, 0) is 0 Å². The van der Waals surface area contributed by atoms with E-state index in [9.17, 15) is 10.1 Å². The minimum atomic E-state index is -0.269. The Kier molecular flexibility index (Phi) is 3.85. The van der Waals surface area contributed by atoms with E-state index in [0.717, 1.165) is 30.9 Å². The van der Waals surface area contributed by atoms with Gasteiger partial charge in [-0.2, -0.15) is 0 Å². The highest BCUT2D eigenvalue weighted by atomic mass is 16.6. The maximum atomic E-state index is 11.2. The minimum Gasteiger partial charge on any atom is -0.363 e. The Hall–Kier alpha value is -1.62. The van der Waals surface area contributed by atoms with Crippen LogP contribution in [0.15, 0.2) is 18.2 Å². The topological polar surface area (TPSA) is 58.4 Å². The summed E-state index contributed by atoms with van der Waals surface area (Å²) in [5.74, 6) is 0. The Bertz CT molecular complexity index is 530. The highest BCUT2D eigenvalue weighted by molar-refractivity contribution is 5.58. The summed E-state index contributed by atoms with van der Waals surface area (Å²) in [7, 11) is 0. The number of anilines is 1. The van der Waals surface area contributed by atoms with E-state index in [0.29, 0.717) is 0 Å². The first-order valence-electron chi connectivity index (χ1n) is 7.86. The third kappa shape index (κ3) is 2.62. The molecule has 0 amide bonds. The van der Waals surface area contributed by atoms with Gasteiger partial charge in [-0.1, -0.05) is 25.3 Å². The van der Waals surface area contributed by atoms with Gasteiger partial charge in [0.15, 0.2) is 0 Å². The molecule has 114 valence electrons. The molecular weight excluding hydrogens is 266 g/mol. The van der Waals surface area contributed by atoms with E-state index in [4.69, 9.17) is 0 Å². The number of nitro groups is 1. The van der Waals surface area contributed by atoms with Crippen molar-refractivity contribution in [1.82, 2.24) is 5.32 Å². The number of benzene rings is 1. The van der Waals surface area contributed by atoms with Crippen LogP contribution in [0.1, 0.15) is 37.7 Å². The van der Waals surface area contributed by atoms with E-state index in [2.05, 4.69) is 10.2 Å². The molecule has 0 atom stereocenters. The average molecular weight is 289 g/mol. The molecule has 5 nitrogen and oxygen atoms in total. The predicted molar refractivity (Wildman–Crippen MR) is 83.9 cm³/mol. The molecule has 3 rings (SSSR count). The van der Waals surface area contributed by atoms with Crippen molar-refractivity contribution in [2.75, 3.05) is 24.5 Å². The van der Waals surface area contributed by atoms with Gasteiger partial charge < -0.3 is 10.2 Å². The highest BCUT2D eigenvalue weighted by Gasteiger charge is 2.40. The van der Waals surface area contributed by atoms with E-state index in [1.165, 1.54) is 32.1 Å². The van der Waals surface area contributed by atoms with Crippen molar-refractivity contribution in [3.05, 3.63) is 33.9 Å². The number of rotatable bonds is 2. The first-order valence-corrected chi connectivity index (χ1v) is 7.86. The van der Waals surface area contributed by atoms with Crippen molar-refractivity contribution in [2.24, 2.45) is 0 Å². The van der Waals surface area contributed by atoms with Crippen molar-refractivity contribution >= 4 is 11.4 Å². The van der Waals surface area contributed by atoms with Crippen LogP contribution in [0.5, 0.6) is 0 Å². The summed E-state index contributed by atoms with van der Waals surface area (Å²) in [6.45, 7) is 4.67. The average Bonchev–Trinajstić information content (AvgIpc) is 2.49. The number of nitrogens with zero attached hydrogens (tertiary/aromatic N) is 2. The predicted octanol–water partition coefficient (Wildman–Crippen LogP) is 3.02. The number of nitro benzene ring substituents is 1. The fourth-order valence-electron chi connectivity index (χ4n) is 3.87. The fraction of sp³-hybridized carbons (Fsp3) is 0.625. The van der Waals surface area contributed by atoms with Crippen molar-refractivity contribution < 1.29 is 4.92 Å². The minimum absolute atomic E-state index is 0.152. The standard InChI is InChI=1S/C16H23N3O2/c1-13-5-6-14(11-15(13)19(20)21)18-10-9-17-12-16(18)7-3-2-4-8-16/h5-6,11,17H,2-4,7-10,12H2,1H3. The van der Waals surface area contributed by atoms with Crippen molar-refractivity contribution in [3.8, 4) is 0 Å². The van der Waals surface area contributed by atoms with Crippen molar-refractivity contribution in [2.45, 2.75) is 44.6 Å². The van der Waals surface area contributed by atoms with Gasteiger partial charge in [0.1, 0.15) is 0 Å². The largest absolute Gasteiger partial charge is 0.363 e. The summed E-state index contributed by atoms with van der Waals surface area (Å²) < 4.78 is 0. The second kappa shape index (κ2) is 5.64. The smallest absolute Gasteiger partial charge is 0.274 e. The summed E-state index contributed by atoms with van der Waals surface area (Å²) in [5, 5.41) is 14.7. The third-order valence-corrected chi connectivity index (χ3v) is 5.02. The molecule has 1 aromatic rings. The van der Waals surface area contributed by atoms with Gasteiger partial charge in [-0.15, -0.1) is 0 Å². The Labute approximate surface area is 125 Å². The van der Waals surface area contributed by atoms with Crippen molar-refractivity contribution in [3.63, 3.8) is 0 Å². The highest BCUT2D eigenvalue weighted by Crippen LogP contribution is 2.38. The van der Waals surface area contributed by atoms with Gasteiger partial charge in [0.25, 0.3) is 5.69 Å². The molecule has 1 heterocycles. The van der Waals surface area contributed by atoms with Crippen LogP contribution in [0.2, 0.25) is 0 Å². The lowest BCUT2D eigenvalue weighted by atomic mass is 9.78. The lowest BCUT2D eigenvalue weighted by molar-refractivity contribution is -0.385.